The van der Waals surface area contributed by atoms with Crippen LogP contribution in [0.4, 0.5) is 18.9 Å². The van der Waals surface area contributed by atoms with Crippen molar-refractivity contribution in [2.45, 2.75) is 39.4 Å². The van der Waals surface area contributed by atoms with Gasteiger partial charge in [-0.3, -0.25) is 4.79 Å². The Labute approximate surface area is 155 Å². The lowest BCUT2D eigenvalue weighted by molar-refractivity contribution is -0.137. The summed E-state index contributed by atoms with van der Waals surface area (Å²) >= 11 is 0. The monoisotopic (exact) mass is 388 g/mol. The summed E-state index contributed by atoms with van der Waals surface area (Å²) in [4.78, 5) is 20.8. The van der Waals surface area contributed by atoms with Crippen molar-refractivity contribution in [2.75, 3.05) is 5.32 Å². The molecule has 0 aliphatic heterocycles. The van der Waals surface area contributed by atoms with Crippen molar-refractivity contribution in [3.8, 4) is 0 Å². The van der Waals surface area contributed by atoms with Crippen LogP contribution in [-0.4, -0.2) is 15.9 Å². The molecule has 1 aromatic heterocycles. The smallest absolute Gasteiger partial charge is 0.326 e. The van der Waals surface area contributed by atoms with Crippen molar-refractivity contribution in [3.63, 3.8) is 0 Å². The first kappa shape index (κ1) is 21.9. The molecule has 5 nitrogen and oxygen atoms in total. The van der Waals surface area contributed by atoms with Crippen LogP contribution in [0.2, 0.25) is 0 Å². The lowest BCUT2D eigenvalue weighted by Gasteiger charge is -2.14. The Morgan fingerprint density at radius 3 is 2.46 bits per heavy atom. The van der Waals surface area contributed by atoms with E-state index in [4.69, 9.17) is 5.73 Å². The van der Waals surface area contributed by atoms with Crippen molar-refractivity contribution in [1.82, 2.24) is 9.97 Å². The minimum Gasteiger partial charge on any atom is -0.326 e. The predicted octanol–water partition coefficient (Wildman–Crippen LogP) is 4.06. The maximum atomic E-state index is 13.0. The highest BCUT2D eigenvalue weighted by Gasteiger charge is 2.31. The summed E-state index contributed by atoms with van der Waals surface area (Å²) < 4.78 is 39.0. The summed E-state index contributed by atoms with van der Waals surface area (Å²) in [6.07, 6.45) is -3.15. The second-order valence-corrected chi connectivity index (χ2v) is 5.95. The number of carbonyl (C=O) groups is 1. The number of rotatable bonds is 4. The van der Waals surface area contributed by atoms with Crippen LogP contribution in [0.15, 0.2) is 24.4 Å². The minimum absolute atomic E-state index is 0. The molecule has 0 atom stereocenters. The molecule has 0 bridgehead atoms. The molecule has 2 aromatic rings. The van der Waals surface area contributed by atoms with Gasteiger partial charge in [-0.25, -0.2) is 9.97 Å². The van der Waals surface area contributed by atoms with Gasteiger partial charge in [-0.15, -0.1) is 12.4 Å². The average Bonchev–Trinajstić information content (AvgIpc) is 2.53. The van der Waals surface area contributed by atoms with Gasteiger partial charge in [0.15, 0.2) is 0 Å². The molecular weight excluding hydrogens is 369 g/mol. The van der Waals surface area contributed by atoms with Crippen LogP contribution < -0.4 is 11.1 Å². The molecule has 0 radical (unpaired) electrons. The number of nitrogens with two attached hydrogens (primary N) is 1. The highest BCUT2D eigenvalue weighted by molar-refractivity contribution is 6.05. The fraction of sp³-hybridized carbons (Fsp3) is 0.353. The number of amides is 1. The Morgan fingerprint density at radius 2 is 1.92 bits per heavy atom. The highest BCUT2D eigenvalue weighted by atomic mass is 35.5. The van der Waals surface area contributed by atoms with Crippen LogP contribution in [0.3, 0.4) is 0 Å². The number of carbonyl (C=O) groups excluding carboxylic acids is 1. The van der Waals surface area contributed by atoms with Crippen LogP contribution in [0.25, 0.3) is 0 Å². The van der Waals surface area contributed by atoms with E-state index in [-0.39, 0.29) is 41.7 Å². The number of aromatic nitrogens is 2. The van der Waals surface area contributed by atoms with Gasteiger partial charge in [-0.05, 0) is 36.6 Å². The molecule has 26 heavy (non-hydrogen) atoms. The molecule has 0 aliphatic carbocycles. The third-order valence-corrected chi connectivity index (χ3v) is 3.54. The fourth-order valence-electron chi connectivity index (χ4n) is 2.35. The third kappa shape index (κ3) is 5.15. The number of halogens is 4. The molecule has 3 N–H and O–H groups in total. The fourth-order valence-corrected chi connectivity index (χ4v) is 2.35. The molecule has 1 aromatic carbocycles. The van der Waals surface area contributed by atoms with Gasteiger partial charge in [0.25, 0.3) is 5.91 Å². The van der Waals surface area contributed by atoms with E-state index in [0.29, 0.717) is 11.5 Å². The highest BCUT2D eigenvalue weighted by Crippen LogP contribution is 2.32. The van der Waals surface area contributed by atoms with Crippen molar-refractivity contribution < 1.29 is 18.0 Å². The molecule has 0 aliphatic rings. The van der Waals surface area contributed by atoms with E-state index in [1.54, 1.807) is 6.92 Å². The van der Waals surface area contributed by atoms with Crippen molar-refractivity contribution in [2.24, 2.45) is 5.73 Å². The zero-order valence-electron chi connectivity index (χ0n) is 14.5. The maximum Gasteiger partial charge on any atom is 0.416 e. The first-order chi connectivity index (χ1) is 11.6. The Balaban J connectivity index is 0.00000338. The third-order valence-electron chi connectivity index (χ3n) is 3.54. The molecule has 142 valence electrons. The summed E-state index contributed by atoms with van der Waals surface area (Å²) in [7, 11) is 0. The summed E-state index contributed by atoms with van der Waals surface area (Å²) in [6.45, 7) is 5.37. The SMILES string of the molecule is Cc1ncc(C(=O)Nc2cc(CN)cc(C(F)(F)F)c2)c(C(C)C)n1.Cl. The van der Waals surface area contributed by atoms with E-state index >= 15 is 0 Å². The number of anilines is 1. The molecule has 0 spiro atoms. The number of benzene rings is 1. The van der Waals surface area contributed by atoms with Crippen LogP contribution in [-0.2, 0) is 12.7 Å². The standard InChI is InChI=1S/C17H19F3N4O.ClH/c1-9(2)15-14(8-22-10(3)23-15)16(25)24-13-5-11(7-21)4-12(6-13)17(18,19)20;/h4-6,8-9H,7,21H2,1-3H3,(H,24,25);1H. The normalized spacial score (nSPS) is 11.2. The van der Waals surface area contributed by atoms with Gasteiger partial charge in [0.1, 0.15) is 5.82 Å². The molecule has 9 heteroatoms. The Morgan fingerprint density at radius 1 is 1.27 bits per heavy atom. The van der Waals surface area contributed by atoms with Gasteiger partial charge in [-0.2, -0.15) is 13.2 Å². The molecule has 1 amide bonds. The molecule has 1 heterocycles. The first-order valence-electron chi connectivity index (χ1n) is 7.68. The van der Waals surface area contributed by atoms with E-state index in [1.165, 1.54) is 12.3 Å². The zero-order valence-corrected chi connectivity index (χ0v) is 15.3. The molecule has 2 rings (SSSR count). The summed E-state index contributed by atoms with van der Waals surface area (Å²) in [5.41, 5.74) is 5.65. The number of aryl methyl sites for hydroxylation is 1. The number of hydrogen-bond acceptors (Lipinski definition) is 4. The Bertz CT molecular complexity index is 794. The van der Waals surface area contributed by atoms with E-state index in [1.807, 2.05) is 13.8 Å². The average molecular weight is 389 g/mol. The Kier molecular flexibility index (Phi) is 7.11. The van der Waals surface area contributed by atoms with Crippen LogP contribution in [0.5, 0.6) is 0 Å². The summed E-state index contributed by atoms with van der Waals surface area (Å²) in [5, 5.41) is 2.49. The maximum absolute atomic E-state index is 13.0. The number of nitrogens with zero attached hydrogens (tertiary/aromatic N) is 2. The molecule has 0 saturated heterocycles. The van der Waals surface area contributed by atoms with Crippen LogP contribution in [0.1, 0.15) is 52.8 Å². The van der Waals surface area contributed by atoms with E-state index in [0.717, 1.165) is 12.1 Å². The number of hydrogen-bond donors (Lipinski definition) is 2. The summed E-state index contributed by atoms with van der Waals surface area (Å²) in [6, 6.07) is 3.25. The van der Waals surface area contributed by atoms with Crippen molar-refractivity contribution >= 4 is 24.0 Å². The van der Waals surface area contributed by atoms with Crippen molar-refractivity contribution in [1.29, 1.82) is 0 Å². The predicted molar refractivity (Wildman–Crippen MR) is 95.4 cm³/mol. The quantitative estimate of drug-likeness (QED) is 0.827. The lowest BCUT2D eigenvalue weighted by atomic mass is 10.0. The lowest BCUT2D eigenvalue weighted by Crippen LogP contribution is -2.18. The Hall–Kier alpha value is -2.19. The van der Waals surface area contributed by atoms with Crippen LogP contribution >= 0.6 is 12.4 Å². The molecule has 0 saturated carbocycles. The zero-order chi connectivity index (χ0) is 18.8. The van der Waals surface area contributed by atoms with Crippen molar-refractivity contribution in [3.05, 3.63) is 52.6 Å². The van der Waals surface area contributed by atoms with Gasteiger partial charge < -0.3 is 11.1 Å². The second kappa shape index (κ2) is 8.46. The topological polar surface area (TPSA) is 80.9 Å². The van der Waals surface area contributed by atoms with Gasteiger partial charge in [0.05, 0.1) is 16.8 Å². The van der Waals surface area contributed by atoms with E-state index in [2.05, 4.69) is 15.3 Å². The largest absolute Gasteiger partial charge is 0.416 e. The second-order valence-electron chi connectivity index (χ2n) is 5.95. The first-order valence-corrected chi connectivity index (χ1v) is 7.68. The van der Waals surface area contributed by atoms with E-state index in [9.17, 15) is 18.0 Å². The van der Waals surface area contributed by atoms with Gasteiger partial charge in [-0.1, -0.05) is 13.8 Å². The molecular formula is C17H20ClF3N4O. The van der Waals surface area contributed by atoms with Gasteiger partial charge in [0.2, 0.25) is 0 Å². The number of alkyl halides is 3. The van der Waals surface area contributed by atoms with E-state index < -0.39 is 17.6 Å². The minimum atomic E-state index is -4.53. The van der Waals surface area contributed by atoms with Gasteiger partial charge >= 0.3 is 6.18 Å². The van der Waals surface area contributed by atoms with Crippen LogP contribution in [0, 0.1) is 6.92 Å². The molecule has 0 fully saturated rings. The molecule has 0 unspecified atom stereocenters. The summed E-state index contributed by atoms with van der Waals surface area (Å²) in [5.74, 6) is -0.0840. The number of nitrogens with one attached hydrogen (secondary N) is 1. The van der Waals surface area contributed by atoms with Gasteiger partial charge in [0, 0.05) is 18.4 Å².